The molecule has 0 amide bonds. The second-order valence-electron chi connectivity index (χ2n) is 3.23. The van der Waals surface area contributed by atoms with Crippen molar-refractivity contribution >= 4 is 0 Å². The van der Waals surface area contributed by atoms with Gasteiger partial charge in [0.05, 0.1) is 13.2 Å². The fraction of sp³-hybridized carbons (Fsp3) is 0.778. The van der Waals surface area contributed by atoms with Gasteiger partial charge in [0.25, 0.3) is 0 Å². The third-order valence-electron chi connectivity index (χ3n) is 1.96. The molecule has 0 aromatic rings. The standard InChI is InChI=1S/C9H18O7/c1-2-3-16-9(15)8(14)7(13)6(12)5(11)4-10/h2,5-15H,1,3-4H2/t5-,6-,7+,8-,9?/m1/s1. The van der Waals surface area contributed by atoms with Crippen LogP contribution in [0.25, 0.3) is 0 Å². The lowest BCUT2D eigenvalue weighted by Gasteiger charge is -2.28. The van der Waals surface area contributed by atoms with Crippen LogP contribution in [0.2, 0.25) is 0 Å². The van der Waals surface area contributed by atoms with Gasteiger partial charge in [-0.1, -0.05) is 6.08 Å². The maximum absolute atomic E-state index is 9.32. The quantitative estimate of drug-likeness (QED) is 0.195. The Hall–Kier alpha value is -0.540. The Morgan fingerprint density at radius 2 is 1.56 bits per heavy atom. The highest BCUT2D eigenvalue weighted by Gasteiger charge is 2.34. The van der Waals surface area contributed by atoms with Crippen LogP contribution < -0.4 is 0 Å². The van der Waals surface area contributed by atoms with Gasteiger partial charge in [-0.25, -0.2) is 0 Å². The molecular formula is C9H18O7. The summed E-state index contributed by atoms with van der Waals surface area (Å²) in [6.45, 7) is 2.48. The van der Waals surface area contributed by atoms with Gasteiger partial charge in [0.1, 0.15) is 24.4 Å². The lowest BCUT2D eigenvalue weighted by atomic mass is 10.0. The summed E-state index contributed by atoms with van der Waals surface area (Å²) in [5, 5.41) is 54.5. The Labute approximate surface area is 92.8 Å². The van der Waals surface area contributed by atoms with Gasteiger partial charge in [-0.3, -0.25) is 0 Å². The Kier molecular flexibility index (Phi) is 7.43. The highest BCUT2D eigenvalue weighted by Crippen LogP contribution is 2.09. The molecule has 0 aliphatic heterocycles. The maximum Gasteiger partial charge on any atom is 0.183 e. The Morgan fingerprint density at radius 3 is 2.00 bits per heavy atom. The summed E-state index contributed by atoms with van der Waals surface area (Å²) in [6, 6.07) is 0. The first-order valence-electron chi connectivity index (χ1n) is 4.69. The number of hydrogen-bond donors (Lipinski definition) is 6. The second kappa shape index (κ2) is 7.69. The van der Waals surface area contributed by atoms with E-state index in [9.17, 15) is 20.4 Å². The van der Waals surface area contributed by atoms with Crippen LogP contribution in [0.5, 0.6) is 0 Å². The first-order chi connectivity index (χ1) is 7.45. The van der Waals surface area contributed by atoms with Crippen molar-refractivity contribution < 1.29 is 35.4 Å². The molecule has 0 spiro atoms. The van der Waals surface area contributed by atoms with Crippen LogP contribution in [0, 0.1) is 0 Å². The van der Waals surface area contributed by atoms with E-state index in [-0.39, 0.29) is 6.61 Å². The maximum atomic E-state index is 9.32. The Morgan fingerprint density at radius 1 is 1.00 bits per heavy atom. The number of hydrogen-bond acceptors (Lipinski definition) is 7. The van der Waals surface area contributed by atoms with E-state index < -0.39 is 37.3 Å². The number of aliphatic hydroxyl groups is 6. The minimum absolute atomic E-state index is 0.0520. The van der Waals surface area contributed by atoms with E-state index in [4.69, 9.17) is 10.2 Å². The van der Waals surface area contributed by atoms with E-state index in [0.29, 0.717) is 0 Å². The van der Waals surface area contributed by atoms with Crippen molar-refractivity contribution in [3.05, 3.63) is 12.7 Å². The zero-order chi connectivity index (χ0) is 12.7. The van der Waals surface area contributed by atoms with Crippen LogP contribution >= 0.6 is 0 Å². The van der Waals surface area contributed by atoms with E-state index >= 15 is 0 Å². The van der Waals surface area contributed by atoms with E-state index in [2.05, 4.69) is 11.3 Å². The van der Waals surface area contributed by atoms with Crippen LogP contribution in [0.3, 0.4) is 0 Å². The highest BCUT2D eigenvalue weighted by atomic mass is 16.6. The van der Waals surface area contributed by atoms with Crippen molar-refractivity contribution in [2.24, 2.45) is 0 Å². The molecule has 0 saturated carbocycles. The van der Waals surface area contributed by atoms with Crippen molar-refractivity contribution in [2.45, 2.75) is 30.7 Å². The average Bonchev–Trinajstić information content (AvgIpc) is 2.31. The summed E-state index contributed by atoms with van der Waals surface area (Å²) in [6.07, 6.45) is -7.47. The predicted octanol–water partition coefficient (Wildman–Crippen LogP) is -3.06. The highest BCUT2D eigenvalue weighted by molar-refractivity contribution is 4.82. The summed E-state index contributed by atoms with van der Waals surface area (Å²) in [4.78, 5) is 0. The van der Waals surface area contributed by atoms with Gasteiger partial charge in [-0.05, 0) is 0 Å². The molecule has 7 nitrogen and oxygen atoms in total. The molecule has 5 atom stereocenters. The van der Waals surface area contributed by atoms with Gasteiger partial charge >= 0.3 is 0 Å². The summed E-state index contributed by atoms with van der Waals surface area (Å²) >= 11 is 0. The van der Waals surface area contributed by atoms with Gasteiger partial charge in [0.15, 0.2) is 6.29 Å². The van der Waals surface area contributed by atoms with Gasteiger partial charge in [0.2, 0.25) is 0 Å². The molecule has 1 unspecified atom stereocenters. The lowest BCUT2D eigenvalue weighted by Crippen LogP contribution is -2.50. The smallest absolute Gasteiger partial charge is 0.183 e. The molecule has 16 heavy (non-hydrogen) atoms. The SMILES string of the molecule is C=CCOC(O)[C@H](O)[C@@H](O)[C@H](O)[C@H](O)CO. The van der Waals surface area contributed by atoms with Crippen LogP contribution in [-0.4, -0.2) is 74.6 Å². The average molecular weight is 238 g/mol. The normalized spacial score (nSPS) is 20.9. The molecule has 0 aromatic carbocycles. The van der Waals surface area contributed by atoms with Crippen molar-refractivity contribution in [3.63, 3.8) is 0 Å². The van der Waals surface area contributed by atoms with Gasteiger partial charge in [0, 0.05) is 0 Å². The summed E-state index contributed by atoms with van der Waals surface area (Å²) < 4.78 is 4.61. The monoisotopic (exact) mass is 238 g/mol. The van der Waals surface area contributed by atoms with E-state index in [1.54, 1.807) is 0 Å². The Bertz CT molecular complexity index is 198. The van der Waals surface area contributed by atoms with Gasteiger partial charge < -0.3 is 35.4 Å². The van der Waals surface area contributed by atoms with Gasteiger partial charge in [-0.15, -0.1) is 6.58 Å². The molecule has 0 saturated heterocycles. The number of rotatable bonds is 8. The molecule has 0 fully saturated rings. The molecule has 0 rings (SSSR count). The van der Waals surface area contributed by atoms with Crippen LogP contribution in [-0.2, 0) is 4.74 Å². The van der Waals surface area contributed by atoms with E-state index in [1.807, 2.05) is 0 Å². The number of ether oxygens (including phenoxy) is 1. The summed E-state index contributed by atoms with van der Waals surface area (Å²) in [5.74, 6) is 0. The molecule has 7 heteroatoms. The lowest BCUT2D eigenvalue weighted by molar-refractivity contribution is -0.207. The second-order valence-corrected chi connectivity index (χ2v) is 3.23. The molecule has 0 heterocycles. The van der Waals surface area contributed by atoms with Crippen molar-refractivity contribution in [1.82, 2.24) is 0 Å². The molecule has 96 valence electrons. The summed E-state index contributed by atoms with van der Waals surface area (Å²) in [7, 11) is 0. The largest absolute Gasteiger partial charge is 0.394 e. The molecule has 0 radical (unpaired) electrons. The van der Waals surface area contributed by atoms with Crippen molar-refractivity contribution in [1.29, 1.82) is 0 Å². The third-order valence-corrected chi connectivity index (χ3v) is 1.96. The molecule has 6 N–H and O–H groups in total. The van der Waals surface area contributed by atoms with Crippen molar-refractivity contribution in [2.75, 3.05) is 13.2 Å². The molecule has 0 aliphatic carbocycles. The molecular weight excluding hydrogens is 220 g/mol. The van der Waals surface area contributed by atoms with E-state index in [0.717, 1.165) is 0 Å². The summed E-state index contributed by atoms with van der Waals surface area (Å²) in [5.41, 5.74) is 0. The topological polar surface area (TPSA) is 131 Å². The van der Waals surface area contributed by atoms with Gasteiger partial charge in [-0.2, -0.15) is 0 Å². The molecule has 0 bridgehead atoms. The van der Waals surface area contributed by atoms with Crippen molar-refractivity contribution in [3.8, 4) is 0 Å². The first kappa shape index (κ1) is 15.5. The molecule has 0 aliphatic rings. The minimum atomic E-state index is -1.85. The fourth-order valence-electron chi connectivity index (χ4n) is 0.972. The zero-order valence-electron chi connectivity index (χ0n) is 8.68. The Balaban J connectivity index is 4.24. The van der Waals surface area contributed by atoms with Crippen LogP contribution in [0.4, 0.5) is 0 Å². The number of aliphatic hydroxyl groups excluding tert-OH is 6. The van der Waals surface area contributed by atoms with Crippen LogP contribution in [0.1, 0.15) is 0 Å². The fourth-order valence-corrected chi connectivity index (χ4v) is 0.972. The zero-order valence-corrected chi connectivity index (χ0v) is 8.68. The van der Waals surface area contributed by atoms with Crippen LogP contribution in [0.15, 0.2) is 12.7 Å². The predicted molar refractivity (Wildman–Crippen MR) is 53.3 cm³/mol. The minimum Gasteiger partial charge on any atom is -0.394 e. The third kappa shape index (κ3) is 4.54. The molecule has 0 aromatic heterocycles. The first-order valence-corrected chi connectivity index (χ1v) is 4.69. The van der Waals surface area contributed by atoms with E-state index in [1.165, 1.54) is 6.08 Å².